The first-order chi connectivity index (χ1) is 7.95. The van der Waals surface area contributed by atoms with Gasteiger partial charge in [-0.1, -0.05) is 0 Å². The van der Waals surface area contributed by atoms with Crippen LogP contribution in [0.2, 0.25) is 0 Å². The minimum absolute atomic E-state index is 0.0399. The normalized spacial score (nSPS) is 11.2. The molecule has 6 nitrogen and oxygen atoms in total. The van der Waals surface area contributed by atoms with Crippen LogP contribution in [0.3, 0.4) is 0 Å². The number of thiophene rings is 1. The largest absolute Gasteiger partial charge is 0.392 e. The monoisotopic (exact) mass is 253 g/mol. The van der Waals surface area contributed by atoms with Gasteiger partial charge in [-0.05, 0) is 25.3 Å². The van der Waals surface area contributed by atoms with Gasteiger partial charge in [0.1, 0.15) is 5.69 Å². The Labute approximate surface area is 100 Å². The van der Waals surface area contributed by atoms with Gasteiger partial charge in [0.05, 0.1) is 15.1 Å². The molecule has 0 saturated carbocycles. The standard InChI is InChI=1S/C10H11N3O3S/c1-5(2)12-6-3-4-17-9(6)7(11)8(10(12)14)13(15)16/h3-5H,11H2,1-2H3. The number of fused-ring (bicyclic) bond motifs is 1. The van der Waals surface area contributed by atoms with Crippen molar-refractivity contribution in [3.63, 3.8) is 0 Å². The molecule has 90 valence electrons. The van der Waals surface area contributed by atoms with Crippen molar-refractivity contribution in [1.29, 1.82) is 0 Å². The van der Waals surface area contributed by atoms with Crippen molar-refractivity contribution >= 4 is 32.9 Å². The average Bonchev–Trinajstić information content (AvgIpc) is 2.65. The Morgan fingerprint density at radius 3 is 2.71 bits per heavy atom. The summed E-state index contributed by atoms with van der Waals surface area (Å²) < 4.78 is 1.99. The Morgan fingerprint density at radius 2 is 2.18 bits per heavy atom. The van der Waals surface area contributed by atoms with E-state index in [4.69, 9.17) is 5.73 Å². The average molecular weight is 253 g/mol. The molecule has 0 aliphatic heterocycles. The third-order valence-corrected chi connectivity index (χ3v) is 3.46. The molecule has 2 N–H and O–H groups in total. The molecule has 2 aromatic rings. The molecule has 0 aliphatic carbocycles. The zero-order valence-corrected chi connectivity index (χ0v) is 10.2. The first-order valence-corrected chi connectivity index (χ1v) is 5.88. The molecule has 0 saturated heterocycles. The lowest BCUT2D eigenvalue weighted by molar-refractivity contribution is -0.385. The molecule has 0 radical (unpaired) electrons. The molecule has 0 spiro atoms. The van der Waals surface area contributed by atoms with Crippen molar-refractivity contribution in [2.75, 3.05) is 5.73 Å². The van der Waals surface area contributed by atoms with E-state index in [0.717, 1.165) is 0 Å². The Hall–Kier alpha value is -1.89. The van der Waals surface area contributed by atoms with E-state index in [9.17, 15) is 14.9 Å². The fraction of sp³-hybridized carbons (Fsp3) is 0.300. The van der Waals surface area contributed by atoms with Crippen LogP contribution in [-0.4, -0.2) is 9.49 Å². The van der Waals surface area contributed by atoms with Crippen molar-refractivity contribution in [1.82, 2.24) is 4.57 Å². The van der Waals surface area contributed by atoms with Gasteiger partial charge in [-0.2, -0.15) is 0 Å². The van der Waals surface area contributed by atoms with Crippen LogP contribution >= 0.6 is 11.3 Å². The van der Waals surface area contributed by atoms with Gasteiger partial charge < -0.3 is 5.73 Å². The van der Waals surface area contributed by atoms with Crippen LogP contribution in [0.4, 0.5) is 11.4 Å². The maximum Gasteiger partial charge on any atom is 0.358 e. The first kappa shape index (κ1) is 11.6. The molecule has 2 heterocycles. The van der Waals surface area contributed by atoms with Gasteiger partial charge in [0.2, 0.25) is 0 Å². The Morgan fingerprint density at radius 1 is 1.53 bits per heavy atom. The van der Waals surface area contributed by atoms with Crippen LogP contribution in [-0.2, 0) is 0 Å². The lowest BCUT2D eigenvalue weighted by Crippen LogP contribution is -2.25. The van der Waals surface area contributed by atoms with Crippen molar-refractivity contribution in [2.24, 2.45) is 0 Å². The minimum atomic E-state index is -0.713. The van der Waals surface area contributed by atoms with Crippen LogP contribution in [0.15, 0.2) is 16.2 Å². The van der Waals surface area contributed by atoms with Crippen LogP contribution in [0.5, 0.6) is 0 Å². The van der Waals surface area contributed by atoms with E-state index in [1.807, 2.05) is 0 Å². The summed E-state index contributed by atoms with van der Waals surface area (Å²) in [7, 11) is 0. The van der Waals surface area contributed by atoms with E-state index in [-0.39, 0.29) is 11.7 Å². The third kappa shape index (κ3) is 1.59. The lowest BCUT2D eigenvalue weighted by Gasteiger charge is -2.12. The summed E-state index contributed by atoms with van der Waals surface area (Å²) >= 11 is 1.30. The maximum absolute atomic E-state index is 12.0. The van der Waals surface area contributed by atoms with Gasteiger partial charge in [-0.15, -0.1) is 11.3 Å². The highest BCUT2D eigenvalue weighted by molar-refractivity contribution is 7.17. The number of nitrogen functional groups attached to an aromatic ring is 1. The van der Waals surface area contributed by atoms with E-state index in [1.165, 1.54) is 15.9 Å². The number of hydrogen-bond donors (Lipinski definition) is 1. The highest BCUT2D eigenvalue weighted by Crippen LogP contribution is 2.32. The second kappa shape index (κ2) is 3.85. The lowest BCUT2D eigenvalue weighted by atomic mass is 10.2. The molecule has 0 fully saturated rings. The van der Waals surface area contributed by atoms with Crippen molar-refractivity contribution < 1.29 is 4.92 Å². The summed E-state index contributed by atoms with van der Waals surface area (Å²) in [5.74, 6) is 0. The number of nitro groups is 1. The van der Waals surface area contributed by atoms with Crippen LogP contribution in [0.1, 0.15) is 19.9 Å². The molecule has 0 aromatic carbocycles. The molecule has 7 heteroatoms. The van der Waals surface area contributed by atoms with Crippen molar-refractivity contribution in [3.05, 3.63) is 31.9 Å². The van der Waals surface area contributed by atoms with Gasteiger partial charge in [0.15, 0.2) is 0 Å². The Balaban J connectivity index is 3.03. The second-order valence-electron chi connectivity index (χ2n) is 3.92. The number of aromatic nitrogens is 1. The van der Waals surface area contributed by atoms with Gasteiger partial charge in [-0.25, -0.2) is 0 Å². The molecular weight excluding hydrogens is 242 g/mol. The highest BCUT2D eigenvalue weighted by atomic mass is 32.1. The topological polar surface area (TPSA) is 91.2 Å². The second-order valence-corrected chi connectivity index (χ2v) is 4.84. The van der Waals surface area contributed by atoms with E-state index in [0.29, 0.717) is 10.2 Å². The molecule has 0 aliphatic rings. The summed E-state index contributed by atoms with van der Waals surface area (Å²) in [6, 6.07) is 1.60. The van der Waals surface area contributed by atoms with E-state index >= 15 is 0 Å². The zero-order valence-electron chi connectivity index (χ0n) is 9.34. The smallest absolute Gasteiger partial charge is 0.358 e. The predicted octanol–water partition coefficient (Wildman–Crippen LogP) is 2.13. The SMILES string of the molecule is CC(C)n1c(=O)c([N+](=O)[O-])c(N)c2sccc21. The van der Waals surface area contributed by atoms with E-state index in [2.05, 4.69) is 0 Å². The molecule has 17 heavy (non-hydrogen) atoms. The highest BCUT2D eigenvalue weighted by Gasteiger charge is 2.25. The molecular formula is C10H11N3O3S. The Bertz CT molecular complexity index is 657. The fourth-order valence-corrected chi connectivity index (χ4v) is 2.67. The van der Waals surface area contributed by atoms with E-state index in [1.54, 1.807) is 25.3 Å². The zero-order chi connectivity index (χ0) is 12.7. The maximum atomic E-state index is 12.0. The summed E-state index contributed by atoms with van der Waals surface area (Å²) in [4.78, 5) is 22.2. The summed E-state index contributed by atoms with van der Waals surface area (Å²) in [5, 5.41) is 12.7. The minimum Gasteiger partial charge on any atom is -0.392 e. The molecule has 0 amide bonds. The number of nitrogens with zero attached hydrogens (tertiary/aromatic N) is 2. The number of anilines is 1. The van der Waals surface area contributed by atoms with Gasteiger partial charge in [0, 0.05) is 6.04 Å². The predicted molar refractivity (Wildman–Crippen MR) is 67.5 cm³/mol. The summed E-state index contributed by atoms with van der Waals surface area (Å²) in [5.41, 5.74) is 5.12. The first-order valence-electron chi connectivity index (χ1n) is 5.00. The fourth-order valence-electron chi connectivity index (χ4n) is 1.83. The summed E-state index contributed by atoms with van der Waals surface area (Å²) in [6.07, 6.45) is 0. The van der Waals surface area contributed by atoms with Crippen molar-refractivity contribution in [3.8, 4) is 0 Å². The molecule has 2 rings (SSSR count). The quantitative estimate of drug-likeness (QED) is 0.655. The molecule has 0 bridgehead atoms. The molecule has 0 unspecified atom stereocenters. The third-order valence-electron chi connectivity index (χ3n) is 2.52. The number of hydrogen-bond acceptors (Lipinski definition) is 5. The molecule has 0 atom stereocenters. The number of rotatable bonds is 2. The Kier molecular flexibility index (Phi) is 2.62. The number of nitrogens with two attached hydrogens (primary N) is 1. The van der Waals surface area contributed by atoms with Crippen LogP contribution < -0.4 is 11.3 Å². The van der Waals surface area contributed by atoms with Crippen LogP contribution in [0.25, 0.3) is 10.2 Å². The number of pyridine rings is 1. The van der Waals surface area contributed by atoms with Gasteiger partial charge in [-0.3, -0.25) is 19.5 Å². The van der Waals surface area contributed by atoms with Crippen LogP contribution in [0, 0.1) is 10.1 Å². The van der Waals surface area contributed by atoms with Crippen molar-refractivity contribution in [2.45, 2.75) is 19.9 Å². The van der Waals surface area contributed by atoms with Gasteiger partial charge in [0.25, 0.3) is 0 Å². The van der Waals surface area contributed by atoms with Gasteiger partial charge >= 0.3 is 11.2 Å². The molecule has 2 aromatic heterocycles. The summed E-state index contributed by atoms with van der Waals surface area (Å²) in [6.45, 7) is 3.61. The van der Waals surface area contributed by atoms with E-state index < -0.39 is 16.2 Å².